The SMILES string of the molecule is O=C(CC1(O)CCCCC1)NC1CC(=O)N(CC(F)(F)F)C1. The van der Waals surface area contributed by atoms with Crippen molar-refractivity contribution in [3.05, 3.63) is 0 Å². The highest BCUT2D eigenvalue weighted by atomic mass is 19.4. The minimum atomic E-state index is -4.44. The first kappa shape index (κ1) is 17.1. The van der Waals surface area contributed by atoms with Crippen LogP contribution in [0.2, 0.25) is 0 Å². The quantitative estimate of drug-likeness (QED) is 0.821. The lowest BCUT2D eigenvalue weighted by Crippen LogP contribution is -2.43. The Morgan fingerprint density at radius 2 is 1.95 bits per heavy atom. The molecule has 0 bridgehead atoms. The van der Waals surface area contributed by atoms with E-state index in [1.807, 2.05) is 0 Å². The Morgan fingerprint density at radius 1 is 1.32 bits per heavy atom. The number of carbonyl (C=O) groups is 2. The molecule has 0 aromatic heterocycles. The van der Waals surface area contributed by atoms with Gasteiger partial charge in [-0.05, 0) is 12.8 Å². The molecule has 2 aliphatic rings. The van der Waals surface area contributed by atoms with E-state index in [-0.39, 0.29) is 19.4 Å². The van der Waals surface area contributed by atoms with Gasteiger partial charge < -0.3 is 15.3 Å². The predicted octanol–water partition coefficient (Wildman–Crippen LogP) is 1.35. The minimum Gasteiger partial charge on any atom is -0.389 e. The fourth-order valence-electron chi connectivity index (χ4n) is 3.20. The Bertz CT molecular complexity index is 434. The monoisotopic (exact) mass is 322 g/mol. The van der Waals surface area contributed by atoms with Crippen molar-refractivity contribution in [2.24, 2.45) is 0 Å². The molecule has 1 unspecified atom stereocenters. The molecule has 1 heterocycles. The van der Waals surface area contributed by atoms with Crippen LogP contribution in [-0.4, -0.2) is 52.7 Å². The molecule has 126 valence electrons. The van der Waals surface area contributed by atoms with Crippen LogP contribution in [0.4, 0.5) is 13.2 Å². The molecule has 8 heteroatoms. The summed E-state index contributed by atoms with van der Waals surface area (Å²) in [6, 6.07) is -0.616. The lowest BCUT2D eigenvalue weighted by molar-refractivity contribution is -0.157. The van der Waals surface area contributed by atoms with Crippen molar-refractivity contribution in [1.82, 2.24) is 10.2 Å². The Balaban J connectivity index is 1.81. The molecule has 2 fully saturated rings. The van der Waals surface area contributed by atoms with Crippen LogP contribution >= 0.6 is 0 Å². The van der Waals surface area contributed by atoms with Crippen molar-refractivity contribution in [3.63, 3.8) is 0 Å². The van der Waals surface area contributed by atoms with Crippen LogP contribution in [0.3, 0.4) is 0 Å². The number of likely N-dealkylation sites (tertiary alicyclic amines) is 1. The average molecular weight is 322 g/mol. The summed E-state index contributed by atoms with van der Waals surface area (Å²) in [4.78, 5) is 24.2. The smallest absolute Gasteiger partial charge is 0.389 e. The Hall–Kier alpha value is -1.31. The molecule has 22 heavy (non-hydrogen) atoms. The average Bonchev–Trinajstić information content (AvgIpc) is 2.67. The highest BCUT2D eigenvalue weighted by Gasteiger charge is 2.39. The van der Waals surface area contributed by atoms with Crippen LogP contribution in [0.5, 0.6) is 0 Å². The van der Waals surface area contributed by atoms with Crippen molar-refractivity contribution in [2.75, 3.05) is 13.1 Å². The van der Waals surface area contributed by atoms with Crippen LogP contribution in [0, 0.1) is 0 Å². The van der Waals surface area contributed by atoms with E-state index >= 15 is 0 Å². The molecular weight excluding hydrogens is 301 g/mol. The van der Waals surface area contributed by atoms with Gasteiger partial charge in [0, 0.05) is 13.0 Å². The zero-order valence-electron chi connectivity index (χ0n) is 12.3. The van der Waals surface area contributed by atoms with E-state index in [9.17, 15) is 27.9 Å². The van der Waals surface area contributed by atoms with Gasteiger partial charge in [0.2, 0.25) is 11.8 Å². The highest BCUT2D eigenvalue weighted by Crippen LogP contribution is 2.31. The van der Waals surface area contributed by atoms with Gasteiger partial charge in [0.05, 0.1) is 18.1 Å². The van der Waals surface area contributed by atoms with Crippen molar-refractivity contribution in [2.45, 2.75) is 62.8 Å². The molecule has 1 saturated heterocycles. The third-order valence-corrected chi connectivity index (χ3v) is 4.22. The fourth-order valence-corrected chi connectivity index (χ4v) is 3.20. The van der Waals surface area contributed by atoms with Crippen molar-refractivity contribution in [3.8, 4) is 0 Å². The number of nitrogens with one attached hydrogen (secondary N) is 1. The van der Waals surface area contributed by atoms with Gasteiger partial charge in [-0.3, -0.25) is 9.59 Å². The molecular formula is C14H21F3N2O3. The normalized spacial score (nSPS) is 25.4. The van der Waals surface area contributed by atoms with Gasteiger partial charge in [0.1, 0.15) is 6.54 Å². The summed E-state index contributed by atoms with van der Waals surface area (Å²) in [6.45, 7) is -1.43. The lowest BCUT2D eigenvalue weighted by atomic mass is 9.82. The highest BCUT2D eigenvalue weighted by molar-refractivity contribution is 5.82. The van der Waals surface area contributed by atoms with Gasteiger partial charge >= 0.3 is 6.18 Å². The van der Waals surface area contributed by atoms with E-state index in [0.29, 0.717) is 17.7 Å². The van der Waals surface area contributed by atoms with Crippen LogP contribution in [-0.2, 0) is 9.59 Å². The zero-order chi connectivity index (χ0) is 16.4. The third-order valence-electron chi connectivity index (χ3n) is 4.22. The van der Waals surface area contributed by atoms with E-state index in [0.717, 1.165) is 19.3 Å². The number of hydrogen-bond donors (Lipinski definition) is 2. The predicted molar refractivity (Wildman–Crippen MR) is 71.8 cm³/mol. The molecule has 2 amide bonds. The molecule has 0 spiro atoms. The third kappa shape index (κ3) is 4.86. The first-order valence-corrected chi connectivity index (χ1v) is 7.53. The number of aliphatic hydroxyl groups is 1. The molecule has 2 rings (SSSR count). The molecule has 1 saturated carbocycles. The number of hydrogen-bond acceptors (Lipinski definition) is 3. The standard InChI is InChI=1S/C14H21F3N2O3/c15-14(16,17)9-19-8-10(6-12(19)21)18-11(20)7-13(22)4-2-1-3-5-13/h10,22H,1-9H2,(H,18,20). The number of carbonyl (C=O) groups excluding carboxylic acids is 2. The van der Waals surface area contributed by atoms with Gasteiger partial charge in [0.25, 0.3) is 0 Å². The number of halogens is 3. The molecule has 1 atom stereocenters. The Morgan fingerprint density at radius 3 is 2.55 bits per heavy atom. The largest absolute Gasteiger partial charge is 0.406 e. The van der Waals surface area contributed by atoms with Crippen molar-refractivity contribution >= 4 is 11.8 Å². The van der Waals surface area contributed by atoms with Crippen LogP contribution in [0.15, 0.2) is 0 Å². The molecule has 2 N–H and O–H groups in total. The number of rotatable bonds is 4. The first-order valence-electron chi connectivity index (χ1n) is 7.53. The van der Waals surface area contributed by atoms with Gasteiger partial charge in [-0.25, -0.2) is 0 Å². The summed E-state index contributed by atoms with van der Waals surface area (Å²) in [5, 5.41) is 12.9. The van der Waals surface area contributed by atoms with E-state index in [1.54, 1.807) is 0 Å². The van der Waals surface area contributed by atoms with Crippen molar-refractivity contribution < 1.29 is 27.9 Å². The molecule has 5 nitrogen and oxygen atoms in total. The van der Waals surface area contributed by atoms with E-state index < -0.39 is 36.2 Å². The van der Waals surface area contributed by atoms with Gasteiger partial charge in [-0.15, -0.1) is 0 Å². The van der Waals surface area contributed by atoms with Gasteiger partial charge in [-0.1, -0.05) is 19.3 Å². The number of alkyl halides is 3. The van der Waals surface area contributed by atoms with E-state index in [1.165, 1.54) is 0 Å². The second-order valence-corrected chi connectivity index (χ2v) is 6.32. The maximum absolute atomic E-state index is 12.3. The topological polar surface area (TPSA) is 69.6 Å². The number of nitrogens with zero attached hydrogens (tertiary/aromatic N) is 1. The molecule has 1 aliphatic heterocycles. The summed E-state index contributed by atoms with van der Waals surface area (Å²) in [6.07, 6.45) is -0.735. The minimum absolute atomic E-state index is 0.0586. The molecule has 0 aromatic rings. The fraction of sp³-hybridized carbons (Fsp3) is 0.857. The number of amides is 2. The Kier molecular flexibility index (Phi) is 4.99. The summed E-state index contributed by atoms with van der Waals surface area (Å²) < 4.78 is 36.9. The van der Waals surface area contributed by atoms with E-state index in [4.69, 9.17) is 0 Å². The van der Waals surface area contributed by atoms with E-state index in [2.05, 4.69) is 5.32 Å². The second-order valence-electron chi connectivity index (χ2n) is 6.32. The van der Waals surface area contributed by atoms with Crippen LogP contribution in [0.25, 0.3) is 0 Å². The summed E-state index contributed by atoms with van der Waals surface area (Å²) in [7, 11) is 0. The summed E-state index contributed by atoms with van der Waals surface area (Å²) in [5.41, 5.74) is -1.02. The first-order chi connectivity index (χ1) is 10.2. The summed E-state index contributed by atoms with van der Waals surface area (Å²) >= 11 is 0. The van der Waals surface area contributed by atoms with Gasteiger partial charge in [-0.2, -0.15) is 13.2 Å². The maximum Gasteiger partial charge on any atom is 0.406 e. The van der Waals surface area contributed by atoms with Crippen molar-refractivity contribution in [1.29, 1.82) is 0 Å². The second kappa shape index (κ2) is 6.44. The van der Waals surface area contributed by atoms with Gasteiger partial charge in [0.15, 0.2) is 0 Å². The molecule has 0 radical (unpaired) electrons. The van der Waals surface area contributed by atoms with Crippen LogP contribution in [0.1, 0.15) is 44.9 Å². The molecule has 0 aromatic carbocycles. The lowest BCUT2D eigenvalue weighted by Gasteiger charge is -2.31. The maximum atomic E-state index is 12.3. The Labute approximate surface area is 126 Å². The zero-order valence-corrected chi connectivity index (χ0v) is 12.3. The summed E-state index contributed by atoms with van der Waals surface area (Å²) in [5.74, 6) is -1.02. The van der Waals surface area contributed by atoms with Crippen LogP contribution < -0.4 is 5.32 Å². The molecule has 1 aliphatic carbocycles.